The lowest BCUT2D eigenvalue weighted by molar-refractivity contribution is 0.306. The summed E-state index contributed by atoms with van der Waals surface area (Å²) in [6, 6.07) is 23.2. The number of rotatable bonds is 4. The molecule has 0 aliphatic carbocycles. The molecule has 0 aliphatic heterocycles. The first kappa shape index (κ1) is 17.1. The summed E-state index contributed by atoms with van der Waals surface area (Å²) in [5, 5.41) is 0.558. The second kappa shape index (κ2) is 7.12. The van der Waals surface area contributed by atoms with Gasteiger partial charge in [0.2, 0.25) is 5.43 Å². The third-order valence-corrected chi connectivity index (χ3v) is 4.63. The van der Waals surface area contributed by atoms with E-state index in [1.807, 2.05) is 55.5 Å². The number of ether oxygens (including phenoxy) is 1. The van der Waals surface area contributed by atoms with Crippen LogP contribution in [-0.2, 0) is 6.61 Å². The van der Waals surface area contributed by atoms with E-state index in [0.29, 0.717) is 34.6 Å². The molecule has 0 atom stereocenters. The van der Waals surface area contributed by atoms with Gasteiger partial charge in [-0.25, -0.2) is 0 Å². The van der Waals surface area contributed by atoms with Crippen LogP contribution in [0, 0.1) is 13.8 Å². The molecule has 0 aliphatic rings. The Bertz CT molecular complexity index is 1140. The van der Waals surface area contributed by atoms with E-state index in [9.17, 15) is 4.79 Å². The third kappa shape index (κ3) is 3.49. The van der Waals surface area contributed by atoms with Crippen molar-refractivity contribution in [3.8, 4) is 16.9 Å². The topological polar surface area (TPSA) is 39.4 Å². The monoisotopic (exact) mass is 356 g/mol. The standard InChI is InChI=1S/C24H20O3/c1-16-8-10-18(11-9-16)15-26-20-12-13-21-22(14-20)27-17(2)23(24(21)25)19-6-4-3-5-7-19/h3-14H,15H2,1-2H3. The number of benzene rings is 3. The van der Waals surface area contributed by atoms with Gasteiger partial charge >= 0.3 is 0 Å². The molecule has 0 fully saturated rings. The quantitative estimate of drug-likeness (QED) is 0.474. The van der Waals surface area contributed by atoms with Crippen molar-refractivity contribution in [1.82, 2.24) is 0 Å². The van der Waals surface area contributed by atoms with Gasteiger partial charge in [0.25, 0.3) is 0 Å². The van der Waals surface area contributed by atoms with E-state index in [1.165, 1.54) is 5.56 Å². The summed E-state index contributed by atoms with van der Waals surface area (Å²) in [6.07, 6.45) is 0. The summed E-state index contributed by atoms with van der Waals surface area (Å²) in [7, 11) is 0. The van der Waals surface area contributed by atoms with Crippen molar-refractivity contribution < 1.29 is 9.15 Å². The lowest BCUT2D eigenvalue weighted by Crippen LogP contribution is -2.07. The minimum absolute atomic E-state index is 0.0231. The SMILES string of the molecule is Cc1ccc(COc2ccc3c(=O)c(-c4ccccc4)c(C)oc3c2)cc1. The lowest BCUT2D eigenvalue weighted by Gasteiger charge is -2.10. The molecule has 0 unspecified atom stereocenters. The molecule has 0 amide bonds. The third-order valence-electron chi connectivity index (χ3n) is 4.63. The lowest BCUT2D eigenvalue weighted by atomic mass is 10.0. The van der Waals surface area contributed by atoms with Crippen LogP contribution in [0.4, 0.5) is 0 Å². The van der Waals surface area contributed by atoms with Gasteiger partial charge in [-0.05, 0) is 37.1 Å². The van der Waals surface area contributed by atoms with Gasteiger partial charge in [-0.3, -0.25) is 4.79 Å². The smallest absolute Gasteiger partial charge is 0.200 e. The molecule has 0 saturated carbocycles. The molecule has 0 spiro atoms. The second-order valence-electron chi connectivity index (χ2n) is 6.66. The minimum atomic E-state index is -0.0231. The van der Waals surface area contributed by atoms with Gasteiger partial charge in [0.15, 0.2) is 0 Å². The van der Waals surface area contributed by atoms with Gasteiger partial charge in [0, 0.05) is 6.07 Å². The van der Waals surface area contributed by atoms with Crippen molar-refractivity contribution in [1.29, 1.82) is 0 Å². The Morgan fingerprint density at radius 2 is 1.63 bits per heavy atom. The van der Waals surface area contributed by atoms with E-state index >= 15 is 0 Å². The summed E-state index contributed by atoms with van der Waals surface area (Å²) in [5.74, 6) is 1.28. The molecule has 134 valence electrons. The Kier molecular flexibility index (Phi) is 4.51. The van der Waals surface area contributed by atoms with Crippen LogP contribution in [0.15, 0.2) is 82.0 Å². The van der Waals surface area contributed by atoms with E-state index in [4.69, 9.17) is 9.15 Å². The molecule has 0 radical (unpaired) electrons. The molecule has 3 nitrogen and oxygen atoms in total. The molecule has 27 heavy (non-hydrogen) atoms. The van der Waals surface area contributed by atoms with Crippen molar-refractivity contribution in [3.05, 3.63) is 99.9 Å². The average Bonchev–Trinajstić information content (AvgIpc) is 2.68. The first-order valence-corrected chi connectivity index (χ1v) is 8.93. The van der Waals surface area contributed by atoms with Crippen molar-refractivity contribution in [2.75, 3.05) is 0 Å². The molecule has 4 rings (SSSR count). The predicted octanol–water partition coefficient (Wildman–Crippen LogP) is 5.66. The molecule has 0 bridgehead atoms. The number of hydrogen-bond acceptors (Lipinski definition) is 3. The van der Waals surface area contributed by atoms with Crippen LogP contribution in [-0.4, -0.2) is 0 Å². The summed E-state index contributed by atoms with van der Waals surface area (Å²) in [5.41, 5.74) is 4.30. The van der Waals surface area contributed by atoms with E-state index in [0.717, 1.165) is 11.1 Å². The molecular weight excluding hydrogens is 336 g/mol. The van der Waals surface area contributed by atoms with Gasteiger partial charge in [0.1, 0.15) is 23.7 Å². The Morgan fingerprint density at radius 3 is 2.37 bits per heavy atom. The molecule has 3 heteroatoms. The van der Waals surface area contributed by atoms with Crippen LogP contribution in [0.1, 0.15) is 16.9 Å². The first-order valence-electron chi connectivity index (χ1n) is 8.93. The van der Waals surface area contributed by atoms with Gasteiger partial charge in [-0.1, -0.05) is 60.2 Å². The van der Waals surface area contributed by atoms with E-state index < -0.39 is 0 Å². The zero-order valence-corrected chi connectivity index (χ0v) is 15.4. The van der Waals surface area contributed by atoms with Crippen LogP contribution in [0.25, 0.3) is 22.1 Å². The largest absolute Gasteiger partial charge is 0.489 e. The summed E-state index contributed by atoms with van der Waals surface area (Å²) in [4.78, 5) is 13.0. The van der Waals surface area contributed by atoms with Gasteiger partial charge in [-0.2, -0.15) is 0 Å². The molecule has 0 saturated heterocycles. The highest BCUT2D eigenvalue weighted by atomic mass is 16.5. The minimum Gasteiger partial charge on any atom is -0.489 e. The highest BCUT2D eigenvalue weighted by Crippen LogP contribution is 2.26. The van der Waals surface area contributed by atoms with Crippen molar-refractivity contribution in [2.45, 2.75) is 20.5 Å². The zero-order chi connectivity index (χ0) is 18.8. The molecular formula is C24H20O3. The van der Waals surface area contributed by atoms with Crippen LogP contribution in [0.2, 0.25) is 0 Å². The molecule has 0 N–H and O–H groups in total. The van der Waals surface area contributed by atoms with Gasteiger partial charge < -0.3 is 9.15 Å². The normalized spacial score (nSPS) is 10.9. The highest BCUT2D eigenvalue weighted by Gasteiger charge is 2.13. The van der Waals surface area contributed by atoms with Crippen LogP contribution in [0.5, 0.6) is 5.75 Å². The Hall–Kier alpha value is -3.33. The van der Waals surface area contributed by atoms with Crippen LogP contribution >= 0.6 is 0 Å². The van der Waals surface area contributed by atoms with Gasteiger partial charge in [-0.15, -0.1) is 0 Å². The maximum Gasteiger partial charge on any atom is 0.200 e. The molecule has 1 heterocycles. The van der Waals surface area contributed by atoms with Crippen LogP contribution in [0.3, 0.4) is 0 Å². The Labute approximate surface area is 157 Å². The summed E-state index contributed by atoms with van der Waals surface area (Å²) in [6.45, 7) is 4.35. The molecule has 3 aromatic carbocycles. The number of hydrogen-bond donors (Lipinski definition) is 0. The van der Waals surface area contributed by atoms with Crippen LogP contribution < -0.4 is 10.2 Å². The molecule has 4 aromatic rings. The predicted molar refractivity (Wildman–Crippen MR) is 108 cm³/mol. The number of aryl methyl sites for hydroxylation is 2. The maximum atomic E-state index is 13.0. The molecule has 1 aromatic heterocycles. The fourth-order valence-electron chi connectivity index (χ4n) is 3.17. The van der Waals surface area contributed by atoms with Crippen molar-refractivity contribution >= 4 is 11.0 Å². The summed E-state index contributed by atoms with van der Waals surface area (Å²) < 4.78 is 11.8. The van der Waals surface area contributed by atoms with E-state index in [2.05, 4.69) is 19.1 Å². The first-order chi connectivity index (χ1) is 13.1. The summed E-state index contributed by atoms with van der Waals surface area (Å²) >= 11 is 0. The number of fused-ring (bicyclic) bond motifs is 1. The van der Waals surface area contributed by atoms with Crippen molar-refractivity contribution in [3.63, 3.8) is 0 Å². The fraction of sp³-hybridized carbons (Fsp3) is 0.125. The van der Waals surface area contributed by atoms with E-state index in [1.54, 1.807) is 12.1 Å². The average molecular weight is 356 g/mol. The second-order valence-corrected chi connectivity index (χ2v) is 6.66. The fourth-order valence-corrected chi connectivity index (χ4v) is 3.17. The Morgan fingerprint density at radius 1 is 0.889 bits per heavy atom. The van der Waals surface area contributed by atoms with Gasteiger partial charge in [0.05, 0.1) is 10.9 Å². The zero-order valence-electron chi connectivity index (χ0n) is 15.4. The Balaban J connectivity index is 1.67. The van der Waals surface area contributed by atoms with Crippen molar-refractivity contribution in [2.24, 2.45) is 0 Å². The maximum absolute atomic E-state index is 13.0. The van der Waals surface area contributed by atoms with E-state index in [-0.39, 0.29) is 5.43 Å². The highest BCUT2D eigenvalue weighted by molar-refractivity contribution is 5.83.